The number of benzene rings is 2. The SMILES string of the molecule is CC(NC(=O)C1CCCN(Cc2ccccc2Cl)C1)c1ccc(F)cc1. The topological polar surface area (TPSA) is 32.3 Å². The number of carbonyl (C=O) groups excluding carboxylic acids is 1. The number of rotatable bonds is 5. The van der Waals surface area contributed by atoms with Crippen LogP contribution in [0, 0.1) is 11.7 Å². The molecule has 3 rings (SSSR count). The predicted octanol–water partition coefficient (Wildman–Crippen LogP) is 4.57. The highest BCUT2D eigenvalue weighted by Crippen LogP contribution is 2.23. The minimum Gasteiger partial charge on any atom is -0.349 e. The van der Waals surface area contributed by atoms with Crippen molar-refractivity contribution in [3.05, 3.63) is 70.5 Å². The molecule has 1 aliphatic rings. The van der Waals surface area contributed by atoms with Crippen molar-refractivity contribution in [2.75, 3.05) is 13.1 Å². The highest BCUT2D eigenvalue weighted by Gasteiger charge is 2.27. The van der Waals surface area contributed by atoms with Crippen molar-refractivity contribution in [3.8, 4) is 0 Å². The lowest BCUT2D eigenvalue weighted by Crippen LogP contribution is -2.43. The van der Waals surface area contributed by atoms with E-state index in [0.29, 0.717) is 0 Å². The molecular formula is C21H24ClFN2O. The molecule has 1 fully saturated rings. The Morgan fingerprint density at radius 3 is 2.73 bits per heavy atom. The zero-order valence-electron chi connectivity index (χ0n) is 14.9. The Morgan fingerprint density at radius 2 is 2.00 bits per heavy atom. The minimum atomic E-state index is -0.269. The Labute approximate surface area is 159 Å². The molecule has 2 unspecified atom stereocenters. The van der Waals surface area contributed by atoms with Crippen LogP contribution in [0.25, 0.3) is 0 Å². The first-order chi connectivity index (χ1) is 12.5. The molecule has 2 aromatic carbocycles. The van der Waals surface area contributed by atoms with E-state index in [-0.39, 0.29) is 23.7 Å². The van der Waals surface area contributed by atoms with E-state index >= 15 is 0 Å². The van der Waals surface area contributed by atoms with Gasteiger partial charge in [-0.1, -0.05) is 41.9 Å². The van der Waals surface area contributed by atoms with Crippen LogP contribution < -0.4 is 5.32 Å². The molecule has 0 aromatic heterocycles. The van der Waals surface area contributed by atoms with Gasteiger partial charge in [-0.2, -0.15) is 0 Å². The Kier molecular flexibility index (Phi) is 6.28. The molecule has 3 nitrogen and oxygen atoms in total. The zero-order valence-corrected chi connectivity index (χ0v) is 15.7. The van der Waals surface area contributed by atoms with Gasteiger partial charge in [-0.25, -0.2) is 4.39 Å². The van der Waals surface area contributed by atoms with E-state index in [1.54, 1.807) is 12.1 Å². The number of hydrogen-bond acceptors (Lipinski definition) is 2. The second-order valence-electron chi connectivity index (χ2n) is 6.95. The quantitative estimate of drug-likeness (QED) is 0.831. The van der Waals surface area contributed by atoms with E-state index < -0.39 is 0 Å². The molecule has 1 saturated heterocycles. The zero-order chi connectivity index (χ0) is 18.5. The summed E-state index contributed by atoms with van der Waals surface area (Å²) in [7, 11) is 0. The third-order valence-corrected chi connectivity index (χ3v) is 5.33. The van der Waals surface area contributed by atoms with Gasteiger partial charge in [0.2, 0.25) is 5.91 Å². The number of hydrogen-bond donors (Lipinski definition) is 1. The standard InChI is InChI=1S/C21H24ClFN2O/c1-15(16-8-10-19(23)11-9-16)24-21(26)18-6-4-12-25(14-18)13-17-5-2-3-7-20(17)22/h2-3,5,7-11,15,18H,4,6,12-14H2,1H3,(H,24,26). The summed E-state index contributed by atoms with van der Waals surface area (Å²) >= 11 is 6.26. The Balaban J connectivity index is 1.57. The summed E-state index contributed by atoms with van der Waals surface area (Å²) in [5.41, 5.74) is 2.00. The fourth-order valence-electron chi connectivity index (χ4n) is 3.45. The van der Waals surface area contributed by atoms with E-state index in [9.17, 15) is 9.18 Å². The van der Waals surface area contributed by atoms with Crippen LogP contribution in [0.5, 0.6) is 0 Å². The molecule has 1 amide bonds. The summed E-state index contributed by atoms with van der Waals surface area (Å²) in [5.74, 6) is -0.241. The van der Waals surface area contributed by atoms with Gasteiger partial charge in [-0.05, 0) is 55.6 Å². The lowest BCUT2D eigenvalue weighted by molar-refractivity contribution is -0.127. The molecule has 2 atom stereocenters. The predicted molar refractivity (Wildman–Crippen MR) is 102 cm³/mol. The van der Waals surface area contributed by atoms with Crippen molar-refractivity contribution in [2.24, 2.45) is 5.92 Å². The van der Waals surface area contributed by atoms with Crippen LogP contribution in [0.1, 0.15) is 36.9 Å². The molecule has 1 aliphatic heterocycles. The van der Waals surface area contributed by atoms with Crippen LogP contribution in [0.3, 0.4) is 0 Å². The summed E-state index contributed by atoms with van der Waals surface area (Å²) in [5, 5.41) is 3.83. The summed E-state index contributed by atoms with van der Waals surface area (Å²) in [4.78, 5) is 15.0. The second-order valence-corrected chi connectivity index (χ2v) is 7.35. The van der Waals surface area contributed by atoms with Crippen molar-refractivity contribution in [1.82, 2.24) is 10.2 Å². The van der Waals surface area contributed by atoms with Crippen molar-refractivity contribution >= 4 is 17.5 Å². The Hall–Kier alpha value is -1.91. The molecule has 1 heterocycles. The van der Waals surface area contributed by atoms with Crippen LogP contribution in [0.2, 0.25) is 5.02 Å². The first-order valence-corrected chi connectivity index (χ1v) is 9.42. The van der Waals surface area contributed by atoms with Crippen molar-refractivity contribution in [1.29, 1.82) is 0 Å². The van der Waals surface area contributed by atoms with Crippen LogP contribution in [-0.4, -0.2) is 23.9 Å². The van der Waals surface area contributed by atoms with Crippen molar-refractivity contribution in [3.63, 3.8) is 0 Å². The maximum Gasteiger partial charge on any atom is 0.224 e. The highest BCUT2D eigenvalue weighted by atomic mass is 35.5. The van der Waals surface area contributed by atoms with E-state index in [1.807, 2.05) is 31.2 Å². The third-order valence-electron chi connectivity index (χ3n) is 4.96. The van der Waals surface area contributed by atoms with Gasteiger partial charge < -0.3 is 5.32 Å². The number of carbonyl (C=O) groups is 1. The smallest absolute Gasteiger partial charge is 0.224 e. The maximum atomic E-state index is 13.1. The molecule has 2 aromatic rings. The van der Waals surface area contributed by atoms with E-state index in [4.69, 9.17) is 11.6 Å². The normalized spacial score (nSPS) is 19.1. The number of halogens is 2. The van der Waals surface area contributed by atoms with Gasteiger partial charge in [0.25, 0.3) is 0 Å². The van der Waals surface area contributed by atoms with Gasteiger partial charge in [0.05, 0.1) is 12.0 Å². The van der Waals surface area contributed by atoms with Crippen LogP contribution >= 0.6 is 11.6 Å². The molecule has 0 spiro atoms. The number of nitrogens with one attached hydrogen (secondary N) is 1. The van der Waals surface area contributed by atoms with Gasteiger partial charge in [0.15, 0.2) is 0 Å². The molecule has 0 saturated carbocycles. The summed E-state index contributed by atoms with van der Waals surface area (Å²) in [6.07, 6.45) is 1.88. The number of piperidine rings is 1. The van der Waals surface area contributed by atoms with E-state index in [0.717, 1.165) is 48.6 Å². The summed E-state index contributed by atoms with van der Waals surface area (Å²) in [6.45, 7) is 4.39. The lowest BCUT2D eigenvalue weighted by Gasteiger charge is -2.32. The van der Waals surface area contributed by atoms with Gasteiger partial charge >= 0.3 is 0 Å². The summed E-state index contributed by atoms with van der Waals surface area (Å²) < 4.78 is 13.1. The van der Waals surface area contributed by atoms with Crippen LogP contribution in [0.15, 0.2) is 48.5 Å². The molecule has 0 bridgehead atoms. The Morgan fingerprint density at radius 1 is 1.27 bits per heavy atom. The fraction of sp³-hybridized carbons (Fsp3) is 0.381. The lowest BCUT2D eigenvalue weighted by atomic mass is 9.96. The largest absolute Gasteiger partial charge is 0.349 e. The third kappa shape index (κ3) is 4.83. The molecular weight excluding hydrogens is 351 g/mol. The first kappa shape index (κ1) is 18.9. The molecule has 0 aliphatic carbocycles. The average molecular weight is 375 g/mol. The maximum absolute atomic E-state index is 13.1. The number of amides is 1. The summed E-state index contributed by atoms with van der Waals surface area (Å²) in [6, 6.07) is 14.0. The van der Waals surface area contributed by atoms with Crippen molar-refractivity contribution in [2.45, 2.75) is 32.4 Å². The Bertz CT molecular complexity index is 750. The molecule has 1 N–H and O–H groups in total. The molecule has 0 radical (unpaired) electrons. The monoisotopic (exact) mass is 374 g/mol. The van der Waals surface area contributed by atoms with E-state index in [1.165, 1.54) is 12.1 Å². The number of likely N-dealkylation sites (tertiary alicyclic amines) is 1. The van der Waals surface area contributed by atoms with Crippen LogP contribution in [-0.2, 0) is 11.3 Å². The molecule has 5 heteroatoms. The van der Waals surface area contributed by atoms with E-state index in [2.05, 4.69) is 10.2 Å². The minimum absolute atomic E-state index is 0.0332. The van der Waals surface area contributed by atoms with Gasteiger partial charge in [-0.15, -0.1) is 0 Å². The average Bonchev–Trinajstić information content (AvgIpc) is 2.64. The number of nitrogens with zero attached hydrogens (tertiary/aromatic N) is 1. The highest BCUT2D eigenvalue weighted by molar-refractivity contribution is 6.31. The van der Waals surface area contributed by atoms with Gasteiger partial charge in [-0.3, -0.25) is 9.69 Å². The first-order valence-electron chi connectivity index (χ1n) is 9.04. The van der Waals surface area contributed by atoms with Crippen LogP contribution in [0.4, 0.5) is 4.39 Å². The fourth-order valence-corrected chi connectivity index (χ4v) is 3.64. The van der Waals surface area contributed by atoms with Crippen molar-refractivity contribution < 1.29 is 9.18 Å². The van der Waals surface area contributed by atoms with Gasteiger partial charge in [0.1, 0.15) is 5.82 Å². The molecule has 138 valence electrons. The molecule has 26 heavy (non-hydrogen) atoms. The second kappa shape index (κ2) is 8.65. The van der Waals surface area contributed by atoms with Gasteiger partial charge in [0, 0.05) is 18.1 Å².